The first kappa shape index (κ1) is 26.0. The molecule has 1 N–H and O–H groups in total. The molecular weight excluding hydrogens is 507 g/mol. The van der Waals surface area contributed by atoms with Crippen LogP contribution < -0.4 is 0 Å². The summed E-state index contributed by atoms with van der Waals surface area (Å²) in [5, 5.41) is 13.5. The topological polar surface area (TPSA) is 93.2 Å². The highest BCUT2D eigenvalue weighted by atomic mass is 32.2. The van der Waals surface area contributed by atoms with Crippen molar-refractivity contribution in [1.82, 2.24) is 24.2 Å². The molecule has 192 valence electrons. The minimum absolute atomic E-state index is 0.167. The lowest BCUT2D eigenvalue weighted by Crippen LogP contribution is -2.28. The van der Waals surface area contributed by atoms with Gasteiger partial charge in [-0.25, -0.2) is 22.9 Å². The van der Waals surface area contributed by atoms with Crippen LogP contribution in [0.25, 0.3) is 5.69 Å². The van der Waals surface area contributed by atoms with Crippen molar-refractivity contribution >= 4 is 23.6 Å². The fourth-order valence-corrected chi connectivity index (χ4v) is 4.76. The number of imidazole rings is 1. The summed E-state index contributed by atoms with van der Waals surface area (Å²) in [4.78, 5) is 30.2. The van der Waals surface area contributed by atoms with Crippen molar-refractivity contribution in [2.24, 2.45) is 7.05 Å². The van der Waals surface area contributed by atoms with Crippen molar-refractivity contribution in [1.29, 1.82) is 0 Å². The first-order valence-corrected chi connectivity index (χ1v) is 12.0. The van der Waals surface area contributed by atoms with Crippen LogP contribution in [0.2, 0.25) is 0 Å². The van der Waals surface area contributed by atoms with Crippen LogP contribution in [-0.4, -0.2) is 48.3 Å². The number of carbonyl (C=O) groups is 2. The molecule has 0 aliphatic heterocycles. The van der Waals surface area contributed by atoms with E-state index in [4.69, 9.17) is 5.11 Å². The van der Waals surface area contributed by atoms with E-state index < -0.39 is 29.0 Å². The Morgan fingerprint density at radius 1 is 1.11 bits per heavy atom. The number of hydrogen-bond donors (Lipinski definition) is 1. The first-order chi connectivity index (χ1) is 17.5. The molecule has 0 saturated heterocycles. The minimum atomic E-state index is -1.45. The molecule has 2 heterocycles. The van der Waals surface area contributed by atoms with E-state index >= 15 is 0 Å². The number of carbonyl (C=O) groups excluding carboxylic acids is 1. The van der Waals surface area contributed by atoms with Gasteiger partial charge in [0, 0.05) is 49.4 Å². The average molecular weight is 530 g/mol. The van der Waals surface area contributed by atoms with Crippen LogP contribution in [0.15, 0.2) is 53.9 Å². The third kappa shape index (κ3) is 5.53. The number of aromatic nitrogens is 4. The highest BCUT2D eigenvalue weighted by molar-refractivity contribution is 7.98. The number of aryl methyl sites for hydroxylation is 2. The van der Waals surface area contributed by atoms with Gasteiger partial charge in [-0.05, 0) is 43.3 Å². The predicted molar refractivity (Wildman–Crippen MR) is 130 cm³/mol. The van der Waals surface area contributed by atoms with Gasteiger partial charge >= 0.3 is 5.97 Å². The van der Waals surface area contributed by atoms with Crippen LogP contribution in [0.5, 0.6) is 0 Å². The van der Waals surface area contributed by atoms with Gasteiger partial charge in [0.05, 0.1) is 17.5 Å². The maximum Gasteiger partial charge on any atom is 0.335 e. The Balaban J connectivity index is 1.66. The first-order valence-electron chi connectivity index (χ1n) is 11.0. The van der Waals surface area contributed by atoms with Gasteiger partial charge in [-0.15, -0.1) is 0 Å². The molecule has 8 nitrogen and oxygen atoms in total. The van der Waals surface area contributed by atoms with Crippen LogP contribution in [-0.2, 0) is 19.3 Å². The second kappa shape index (κ2) is 10.5. The molecule has 2 aromatic carbocycles. The van der Waals surface area contributed by atoms with Crippen molar-refractivity contribution < 1.29 is 27.9 Å². The van der Waals surface area contributed by atoms with Crippen LogP contribution >= 0.6 is 11.8 Å². The molecule has 1 amide bonds. The molecule has 0 unspecified atom stereocenters. The molecule has 2 aromatic heterocycles. The lowest BCUT2D eigenvalue weighted by molar-refractivity contribution is 0.0694. The Morgan fingerprint density at radius 3 is 2.32 bits per heavy atom. The lowest BCUT2D eigenvalue weighted by Gasteiger charge is -2.18. The Morgan fingerprint density at radius 2 is 1.76 bits per heavy atom. The van der Waals surface area contributed by atoms with Crippen molar-refractivity contribution in [3.05, 3.63) is 94.3 Å². The normalized spacial score (nSPS) is 11.1. The quantitative estimate of drug-likeness (QED) is 0.336. The van der Waals surface area contributed by atoms with Gasteiger partial charge in [-0.3, -0.25) is 14.0 Å². The molecule has 0 saturated carbocycles. The average Bonchev–Trinajstić information content (AvgIpc) is 3.40. The number of nitrogens with zero attached hydrogens (tertiary/aromatic N) is 5. The number of amides is 1. The summed E-state index contributed by atoms with van der Waals surface area (Å²) in [5.41, 5.74) is 1.40. The van der Waals surface area contributed by atoms with Crippen LogP contribution in [0, 0.1) is 24.4 Å². The van der Waals surface area contributed by atoms with Crippen LogP contribution in [0.4, 0.5) is 13.2 Å². The Labute approximate surface area is 214 Å². The molecule has 0 fully saturated rings. The molecule has 0 radical (unpaired) electrons. The van der Waals surface area contributed by atoms with Gasteiger partial charge in [0.25, 0.3) is 5.91 Å². The van der Waals surface area contributed by atoms with Gasteiger partial charge in [0.1, 0.15) is 23.1 Å². The number of carboxylic acids is 1. The van der Waals surface area contributed by atoms with E-state index in [1.165, 1.54) is 39.9 Å². The summed E-state index contributed by atoms with van der Waals surface area (Å²) in [5.74, 6) is -4.54. The van der Waals surface area contributed by atoms with Gasteiger partial charge in [-0.2, -0.15) is 5.10 Å². The van der Waals surface area contributed by atoms with E-state index in [1.807, 2.05) is 13.1 Å². The Bertz CT molecular complexity index is 1460. The largest absolute Gasteiger partial charge is 0.478 e. The van der Waals surface area contributed by atoms with Crippen LogP contribution in [0.1, 0.15) is 37.7 Å². The molecule has 4 aromatic rings. The fourth-order valence-electron chi connectivity index (χ4n) is 3.76. The van der Waals surface area contributed by atoms with Crippen molar-refractivity contribution in [3.63, 3.8) is 0 Å². The standard InChI is InChI=1S/C25H22F3N5O3S/c1-14-16(12-32(3)30-14)11-31(2)23(34)22-10-29-25(33(22)18-6-4-17(26)5-7-18)37-13-19-20(27)8-15(24(35)36)9-21(19)28/h4-10,12H,11,13H2,1-3H3,(H,35,36). The summed E-state index contributed by atoms with van der Waals surface area (Å²) in [6.07, 6.45) is 3.16. The molecule has 0 aliphatic carbocycles. The predicted octanol–water partition coefficient (Wildman–Crippen LogP) is 4.59. The summed E-state index contributed by atoms with van der Waals surface area (Å²) >= 11 is 0.948. The number of hydrogen-bond acceptors (Lipinski definition) is 5. The smallest absolute Gasteiger partial charge is 0.335 e. The van der Waals surface area contributed by atoms with Gasteiger partial charge in [-0.1, -0.05) is 11.8 Å². The third-order valence-electron chi connectivity index (χ3n) is 5.64. The van der Waals surface area contributed by atoms with Crippen molar-refractivity contribution in [2.45, 2.75) is 24.4 Å². The molecule has 0 aliphatic rings. The number of thioether (sulfide) groups is 1. The zero-order valence-corrected chi connectivity index (χ0v) is 20.9. The highest BCUT2D eigenvalue weighted by Crippen LogP contribution is 2.29. The molecule has 37 heavy (non-hydrogen) atoms. The minimum Gasteiger partial charge on any atom is -0.478 e. The summed E-state index contributed by atoms with van der Waals surface area (Å²) < 4.78 is 45.7. The summed E-state index contributed by atoms with van der Waals surface area (Å²) in [6, 6.07) is 6.88. The molecule has 12 heteroatoms. The van der Waals surface area contributed by atoms with Gasteiger partial charge in [0.2, 0.25) is 0 Å². The molecule has 4 rings (SSSR count). The summed E-state index contributed by atoms with van der Waals surface area (Å²) in [6.45, 7) is 2.12. The Kier molecular flexibility index (Phi) is 7.39. The number of benzene rings is 2. The van der Waals surface area contributed by atoms with E-state index in [-0.39, 0.29) is 34.6 Å². The molecular formula is C25H22F3N5O3S. The molecule has 0 atom stereocenters. The number of rotatable bonds is 8. The monoisotopic (exact) mass is 529 g/mol. The zero-order chi connectivity index (χ0) is 26.9. The zero-order valence-electron chi connectivity index (χ0n) is 20.1. The maximum absolute atomic E-state index is 14.5. The number of carboxylic acid groups (broad SMARTS) is 1. The highest BCUT2D eigenvalue weighted by Gasteiger charge is 2.23. The van der Waals surface area contributed by atoms with E-state index in [2.05, 4.69) is 10.1 Å². The van der Waals surface area contributed by atoms with Gasteiger partial charge in [0.15, 0.2) is 5.16 Å². The molecule has 0 spiro atoms. The maximum atomic E-state index is 14.5. The van der Waals surface area contributed by atoms with Crippen molar-refractivity contribution in [3.8, 4) is 5.69 Å². The fraction of sp³-hybridized carbons (Fsp3) is 0.200. The Hall–Kier alpha value is -4.06. The molecule has 0 bridgehead atoms. The van der Waals surface area contributed by atoms with E-state index in [1.54, 1.807) is 18.8 Å². The SMILES string of the molecule is Cc1nn(C)cc1CN(C)C(=O)c1cnc(SCc2c(F)cc(C(=O)O)cc2F)n1-c1ccc(F)cc1. The van der Waals surface area contributed by atoms with E-state index in [0.717, 1.165) is 35.2 Å². The lowest BCUT2D eigenvalue weighted by atomic mass is 10.1. The third-order valence-corrected chi connectivity index (χ3v) is 6.62. The van der Waals surface area contributed by atoms with E-state index in [9.17, 15) is 22.8 Å². The van der Waals surface area contributed by atoms with Crippen LogP contribution in [0.3, 0.4) is 0 Å². The van der Waals surface area contributed by atoms with Gasteiger partial charge < -0.3 is 10.0 Å². The number of aromatic carboxylic acids is 1. The number of halogens is 3. The van der Waals surface area contributed by atoms with Crippen molar-refractivity contribution in [2.75, 3.05) is 7.05 Å². The second-order valence-electron chi connectivity index (χ2n) is 8.32. The summed E-state index contributed by atoms with van der Waals surface area (Å²) in [7, 11) is 3.41. The second-order valence-corrected chi connectivity index (χ2v) is 9.27. The van der Waals surface area contributed by atoms with E-state index in [0.29, 0.717) is 5.69 Å².